The topological polar surface area (TPSA) is 84.2 Å². The normalized spacial score (nSPS) is 18.3. The quantitative estimate of drug-likeness (QED) is 0.178. The highest BCUT2D eigenvalue weighted by atomic mass is 19.1. The second kappa shape index (κ2) is 13.3. The van der Waals surface area contributed by atoms with Crippen molar-refractivity contribution >= 4 is 11.6 Å². The summed E-state index contributed by atoms with van der Waals surface area (Å²) in [6, 6.07) is 22.6. The fourth-order valence-corrected chi connectivity index (χ4v) is 6.93. The van der Waals surface area contributed by atoms with Crippen molar-refractivity contribution in [2.24, 2.45) is 0 Å². The molecule has 254 valence electrons. The minimum absolute atomic E-state index is 0.0194. The van der Waals surface area contributed by atoms with Gasteiger partial charge in [-0.05, 0) is 114 Å². The van der Waals surface area contributed by atoms with Gasteiger partial charge in [-0.1, -0.05) is 18.2 Å². The molecule has 5 aromatic rings. The summed E-state index contributed by atoms with van der Waals surface area (Å²) in [4.78, 5) is 18.3. The van der Waals surface area contributed by atoms with E-state index in [2.05, 4.69) is 0 Å². The van der Waals surface area contributed by atoms with Crippen LogP contribution in [0, 0.1) is 12.7 Å². The van der Waals surface area contributed by atoms with Crippen LogP contribution in [0.4, 0.5) is 4.39 Å². The van der Waals surface area contributed by atoms with E-state index in [0.717, 1.165) is 66.5 Å². The zero-order valence-electron chi connectivity index (χ0n) is 28.7. The molecule has 1 fully saturated rings. The van der Waals surface area contributed by atoms with Crippen molar-refractivity contribution < 1.29 is 28.1 Å². The predicted molar refractivity (Wildman–Crippen MR) is 186 cm³/mol. The van der Waals surface area contributed by atoms with E-state index < -0.39 is 17.7 Å². The van der Waals surface area contributed by atoms with E-state index in [1.807, 2.05) is 82.3 Å². The number of benzene rings is 3. The molecule has 1 saturated carbocycles. The molecule has 0 amide bonds. The van der Waals surface area contributed by atoms with Gasteiger partial charge in [0.05, 0.1) is 36.3 Å². The number of carbonyl (C=O) groups is 1. The summed E-state index contributed by atoms with van der Waals surface area (Å²) in [5.74, 6) is 0.425. The van der Waals surface area contributed by atoms with Crippen LogP contribution >= 0.6 is 0 Å². The van der Waals surface area contributed by atoms with Crippen molar-refractivity contribution in [3.05, 3.63) is 89.9 Å². The van der Waals surface area contributed by atoms with E-state index in [9.17, 15) is 9.18 Å². The van der Waals surface area contributed by atoms with Gasteiger partial charge in [0, 0.05) is 40.1 Å². The summed E-state index contributed by atoms with van der Waals surface area (Å²) >= 11 is 0. The van der Waals surface area contributed by atoms with E-state index in [1.54, 1.807) is 10.6 Å². The maximum Gasteiger partial charge on any atom is 0.339 e. The molecule has 8 bridgehead atoms. The molecule has 0 N–H and O–H groups in total. The van der Waals surface area contributed by atoms with Gasteiger partial charge < -0.3 is 18.9 Å². The average molecular weight is 664 g/mol. The molecule has 4 heterocycles. The highest BCUT2D eigenvalue weighted by Crippen LogP contribution is 2.39. The SMILES string of the molecule is COC(=O)[C@@H](OC(C)(C)C)c1c(C)nc2cc3nn2c1-c1ccc(cc1)O[C@@H]1CCCCC(CC1)Oc1cc(F)ccc1-c1cccc-3c1. The Morgan fingerprint density at radius 2 is 1.61 bits per heavy atom. The monoisotopic (exact) mass is 663 g/mol. The first-order chi connectivity index (χ1) is 23.6. The molecule has 3 aromatic carbocycles. The second-order valence-electron chi connectivity index (χ2n) is 14.0. The number of methoxy groups -OCH3 is 1. The number of carbonyl (C=O) groups excluding carboxylic acids is 1. The summed E-state index contributed by atoms with van der Waals surface area (Å²) in [6.07, 6.45) is 4.41. The number of hydrogen-bond donors (Lipinski definition) is 0. The molecule has 0 spiro atoms. The Morgan fingerprint density at radius 1 is 0.898 bits per heavy atom. The first-order valence-corrected chi connectivity index (χ1v) is 17.1. The largest absolute Gasteiger partial charge is 0.490 e. The first-order valence-electron chi connectivity index (χ1n) is 17.1. The predicted octanol–water partition coefficient (Wildman–Crippen LogP) is 9.07. The number of ether oxygens (including phenoxy) is 4. The Morgan fingerprint density at radius 3 is 2.33 bits per heavy atom. The summed E-state index contributed by atoms with van der Waals surface area (Å²) in [5, 5.41) is 5.08. The smallest absolute Gasteiger partial charge is 0.339 e. The zero-order valence-corrected chi connectivity index (χ0v) is 28.7. The van der Waals surface area contributed by atoms with Crippen LogP contribution in [0.3, 0.4) is 0 Å². The Balaban J connectivity index is 1.46. The molecule has 2 aliphatic heterocycles. The van der Waals surface area contributed by atoms with Gasteiger partial charge in [0.25, 0.3) is 0 Å². The van der Waals surface area contributed by atoms with Crippen molar-refractivity contribution in [3.63, 3.8) is 0 Å². The molecule has 49 heavy (non-hydrogen) atoms. The molecule has 3 aliphatic rings. The number of aryl methyl sites for hydroxylation is 1. The van der Waals surface area contributed by atoms with Crippen molar-refractivity contribution in [3.8, 4) is 45.1 Å². The van der Waals surface area contributed by atoms with Crippen LogP contribution in [-0.4, -0.2) is 45.5 Å². The Kier molecular flexibility index (Phi) is 8.88. The third-order valence-corrected chi connectivity index (χ3v) is 9.23. The summed E-state index contributed by atoms with van der Waals surface area (Å²) < 4.78 is 41.2. The fourth-order valence-electron chi connectivity index (χ4n) is 6.93. The number of halogens is 1. The third kappa shape index (κ3) is 6.90. The summed E-state index contributed by atoms with van der Waals surface area (Å²) in [6.45, 7) is 7.59. The number of esters is 1. The summed E-state index contributed by atoms with van der Waals surface area (Å²) in [5.41, 5.74) is 5.91. The van der Waals surface area contributed by atoms with E-state index in [-0.39, 0.29) is 18.0 Å². The lowest BCUT2D eigenvalue weighted by Crippen LogP contribution is -2.29. The molecule has 3 atom stereocenters. The number of fused-ring (bicyclic) bond motifs is 2. The maximum absolute atomic E-state index is 14.7. The molecular formula is C40H42FN3O5. The molecule has 1 aliphatic carbocycles. The van der Waals surface area contributed by atoms with Crippen LogP contribution in [0.25, 0.3) is 39.3 Å². The number of nitrogens with zero attached hydrogens (tertiary/aromatic N) is 3. The van der Waals surface area contributed by atoms with Crippen molar-refractivity contribution in [2.75, 3.05) is 7.11 Å². The van der Waals surface area contributed by atoms with Gasteiger partial charge in [-0.3, -0.25) is 0 Å². The van der Waals surface area contributed by atoms with Crippen LogP contribution in [0.2, 0.25) is 0 Å². The lowest BCUT2D eigenvalue weighted by molar-refractivity contribution is -0.164. The lowest BCUT2D eigenvalue weighted by atomic mass is 9.96. The van der Waals surface area contributed by atoms with Crippen LogP contribution in [0.15, 0.2) is 72.8 Å². The van der Waals surface area contributed by atoms with Gasteiger partial charge in [0.2, 0.25) is 0 Å². The average Bonchev–Trinajstić information content (AvgIpc) is 3.49. The molecule has 0 radical (unpaired) electrons. The van der Waals surface area contributed by atoms with E-state index >= 15 is 0 Å². The number of hydrogen-bond acceptors (Lipinski definition) is 7. The van der Waals surface area contributed by atoms with Crippen LogP contribution < -0.4 is 9.47 Å². The van der Waals surface area contributed by atoms with Crippen LogP contribution in [0.5, 0.6) is 11.5 Å². The molecular weight excluding hydrogens is 621 g/mol. The lowest BCUT2D eigenvalue weighted by Gasteiger charge is -2.28. The van der Waals surface area contributed by atoms with Gasteiger partial charge in [0.1, 0.15) is 17.3 Å². The molecule has 9 heteroatoms. The van der Waals surface area contributed by atoms with Crippen LogP contribution in [0.1, 0.15) is 76.7 Å². The highest BCUT2D eigenvalue weighted by Gasteiger charge is 2.34. The van der Waals surface area contributed by atoms with Crippen molar-refractivity contribution in [1.29, 1.82) is 0 Å². The molecule has 0 saturated heterocycles. The first kappa shape index (κ1) is 32.8. The van der Waals surface area contributed by atoms with Gasteiger partial charge in [0.15, 0.2) is 11.8 Å². The molecule has 2 aromatic heterocycles. The van der Waals surface area contributed by atoms with E-state index in [1.165, 1.54) is 19.2 Å². The van der Waals surface area contributed by atoms with Gasteiger partial charge in [-0.15, -0.1) is 0 Å². The minimum Gasteiger partial charge on any atom is -0.490 e. The summed E-state index contributed by atoms with van der Waals surface area (Å²) in [7, 11) is 1.36. The van der Waals surface area contributed by atoms with Crippen LogP contribution in [-0.2, 0) is 14.3 Å². The highest BCUT2D eigenvalue weighted by molar-refractivity contribution is 5.82. The van der Waals surface area contributed by atoms with Gasteiger partial charge >= 0.3 is 5.97 Å². The zero-order chi connectivity index (χ0) is 34.3. The Labute approximate surface area is 286 Å². The number of rotatable bonds is 3. The van der Waals surface area contributed by atoms with E-state index in [4.69, 9.17) is 29.0 Å². The van der Waals surface area contributed by atoms with E-state index in [0.29, 0.717) is 34.0 Å². The fraction of sp³-hybridized carbons (Fsp3) is 0.375. The Hall–Kier alpha value is -4.76. The molecule has 1 unspecified atom stereocenters. The van der Waals surface area contributed by atoms with Crippen molar-refractivity contribution in [1.82, 2.24) is 14.6 Å². The minimum atomic E-state index is -1.05. The number of aromatic nitrogens is 3. The molecule has 8 nitrogen and oxygen atoms in total. The second-order valence-corrected chi connectivity index (χ2v) is 14.0. The standard InChI is InChI=1S/C40H42FN3O5/c1-24-36(38(39(45)46-5)49-40(2,3)4)37-25-13-16-31(17-14-25)47-29-11-6-7-12-30(19-18-29)48-34-22-28(41)15-20-32(34)26-9-8-10-27(21-26)33-23-35(42-24)44(37)43-33/h8-10,13-17,20-23,29-30,38H,6-7,11-12,18-19H2,1-5H3/t29-,30?,38+/m1/s1. The third-order valence-electron chi connectivity index (χ3n) is 9.23. The molecule has 8 rings (SSSR count). The maximum atomic E-state index is 14.7. The Bertz CT molecular complexity index is 2000. The van der Waals surface area contributed by atoms with Gasteiger partial charge in [-0.2, -0.15) is 5.10 Å². The van der Waals surface area contributed by atoms with Crippen molar-refractivity contribution in [2.45, 2.75) is 90.1 Å². The van der Waals surface area contributed by atoms with Gasteiger partial charge in [-0.25, -0.2) is 18.7 Å².